The predicted molar refractivity (Wildman–Crippen MR) is 115 cm³/mol. The predicted octanol–water partition coefficient (Wildman–Crippen LogP) is 2.36. The molecule has 1 unspecified atom stereocenters. The Hall–Kier alpha value is -3.60. The maximum atomic E-state index is 11.6. The number of nitro groups is 1. The Kier molecular flexibility index (Phi) is 7.76. The Morgan fingerprint density at radius 2 is 2.07 bits per heavy atom. The second-order valence-electron chi connectivity index (χ2n) is 6.64. The van der Waals surface area contributed by atoms with Gasteiger partial charge in [0.05, 0.1) is 17.6 Å². The van der Waals surface area contributed by atoms with Crippen LogP contribution in [0.4, 0.5) is 33.5 Å². The van der Waals surface area contributed by atoms with E-state index in [1.807, 2.05) is 43.1 Å². The number of carbonyl (C=O) groups is 1. The highest BCUT2D eigenvalue weighted by Crippen LogP contribution is 2.32. The van der Waals surface area contributed by atoms with Crippen LogP contribution in [-0.4, -0.2) is 54.0 Å². The molecule has 0 fully saturated rings. The number of anilines is 4. The van der Waals surface area contributed by atoms with E-state index in [2.05, 4.69) is 15.6 Å². The van der Waals surface area contributed by atoms with Crippen LogP contribution in [0.25, 0.3) is 0 Å². The lowest BCUT2D eigenvalue weighted by molar-refractivity contribution is -0.383. The largest absolute Gasteiger partial charge is 0.450 e. The van der Waals surface area contributed by atoms with Gasteiger partial charge in [-0.05, 0) is 26.0 Å². The molecule has 1 heterocycles. The molecule has 1 aromatic carbocycles. The minimum atomic E-state index is -0.841. The number of aliphatic hydroxyl groups is 1. The first-order valence-corrected chi connectivity index (χ1v) is 9.29. The topological polar surface area (TPSA) is 156 Å². The number of nitrogens with two attached hydrogens (primary N) is 1. The minimum Gasteiger partial charge on any atom is -0.450 e. The maximum absolute atomic E-state index is 11.6. The van der Waals surface area contributed by atoms with Gasteiger partial charge in [0, 0.05) is 31.9 Å². The molecular weight excluding hydrogens is 392 g/mol. The van der Waals surface area contributed by atoms with E-state index in [1.54, 1.807) is 6.92 Å². The zero-order chi connectivity index (χ0) is 22.3. The van der Waals surface area contributed by atoms with Crippen LogP contribution in [0.2, 0.25) is 0 Å². The van der Waals surface area contributed by atoms with Crippen molar-refractivity contribution in [2.24, 2.45) is 0 Å². The molecule has 0 saturated heterocycles. The van der Waals surface area contributed by atoms with Gasteiger partial charge in [-0.15, -0.1) is 0 Å². The summed E-state index contributed by atoms with van der Waals surface area (Å²) in [7, 11) is 1.84. The van der Waals surface area contributed by atoms with E-state index in [4.69, 9.17) is 10.5 Å². The van der Waals surface area contributed by atoms with Crippen molar-refractivity contribution in [2.45, 2.75) is 20.0 Å². The van der Waals surface area contributed by atoms with Gasteiger partial charge in [0.15, 0.2) is 0 Å². The van der Waals surface area contributed by atoms with Crippen molar-refractivity contribution < 1.29 is 19.6 Å². The fraction of sp³-hybridized carbons (Fsp3) is 0.368. The monoisotopic (exact) mass is 418 g/mol. The lowest BCUT2D eigenvalue weighted by Crippen LogP contribution is -2.33. The fourth-order valence-electron chi connectivity index (χ4n) is 2.73. The molecular formula is C19H26N6O5. The molecule has 0 radical (unpaired) electrons. The third kappa shape index (κ3) is 6.21. The summed E-state index contributed by atoms with van der Waals surface area (Å²) in [4.78, 5) is 28.0. The number of amides is 1. The first-order chi connectivity index (χ1) is 14.2. The van der Waals surface area contributed by atoms with Crippen LogP contribution in [0, 0.1) is 17.0 Å². The zero-order valence-corrected chi connectivity index (χ0v) is 17.1. The van der Waals surface area contributed by atoms with E-state index in [9.17, 15) is 20.0 Å². The summed E-state index contributed by atoms with van der Waals surface area (Å²) in [6, 6.07) is 9.09. The number of hydrogen-bond donors (Lipinski definition) is 4. The van der Waals surface area contributed by atoms with Crippen LogP contribution in [0.3, 0.4) is 0 Å². The number of pyridine rings is 1. The molecule has 1 amide bonds. The first kappa shape index (κ1) is 22.7. The summed E-state index contributed by atoms with van der Waals surface area (Å²) in [5.41, 5.74) is 7.33. The van der Waals surface area contributed by atoms with Gasteiger partial charge in [-0.25, -0.2) is 9.78 Å². The fourth-order valence-corrected chi connectivity index (χ4v) is 2.73. The Morgan fingerprint density at radius 3 is 2.67 bits per heavy atom. The average molecular weight is 418 g/mol. The molecule has 1 aromatic heterocycles. The summed E-state index contributed by atoms with van der Waals surface area (Å²) in [6.07, 6.45) is -1.60. The molecule has 2 rings (SSSR count). The Labute approximate surface area is 174 Å². The van der Waals surface area contributed by atoms with Gasteiger partial charge in [-0.1, -0.05) is 17.7 Å². The van der Waals surface area contributed by atoms with Gasteiger partial charge in [0.2, 0.25) is 5.82 Å². The quantitative estimate of drug-likeness (QED) is 0.354. The first-order valence-electron chi connectivity index (χ1n) is 9.29. The minimum absolute atomic E-state index is 0.00897. The van der Waals surface area contributed by atoms with E-state index in [0.29, 0.717) is 6.54 Å². The van der Waals surface area contributed by atoms with Gasteiger partial charge in [0.25, 0.3) is 0 Å². The maximum Gasteiger partial charge on any atom is 0.412 e. The summed E-state index contributed by atoms with van der Waals surface area (Å²) in [6.45, 7) is 4.08. The van der Waals surface area contributed by atoms with Crippen LogP contribution >= 0.6 is 0 Å². The molecule has 11 heteroatoms. The van der Waals surface area contributed by atoms with Gasteiger partial charge < -0.3 is 25.8 Å². The number of hydrogen-bond acceptors (Lipinski definition) is 9. The van der Waals surface area contributed by atoms with Gasteiger partial charge in [-0.3, -0.25) is 15.4 Å². The van der Waals surface area contributed by atoms with Gasteiger partial charge in [0.1, 0.15) is 11.5 Å². The van der Waals surface area contributed by atoms with E-state index in [0.717, 1.165) is 11.3 Å². The molecule has 5 N–H and O–H groups in total. The highest BCUT2D eigenvalue weighted by atomic mass is 16.6. The number of ether oxygens (including phenoxy) is 1. The number of likely N-dealkylation sites (N-methyl/N-ethyl adjacent to an activating group) is 1. The summed E-state index contributed by atoms with van der Waals surface area (Å²) < 4.78 is 4.76. The van der Waals surface area contributed by atoms with Crippen molar-refractivity contribution in [2.75, 3.05) is 48.0 Å². The van der Waals surface area contributed by atoms with Crippen molar-refractivity contribution in [1.82, 2.24) is 4.98 Å². The van der Waals surface area contributed by atoms with E-state index >= 15 is 0 Å². The lowest BCUT2D eigenvalue weighted by atomic mass is 10.2. The molecule has 0 bridgehead atoms. The molecule has 30 heavy (non-hydrogen) atoms. The average Bonchev–Trinajstić information content (AvgIpc) is 2.66. The Morgan fingerprint density at radius 1 is 1.40 bits per heavy atom. The van der Waals surface area contributed by atoms with E-state index in [-0.39, 0.29) is 30.5 Å². The van der Waals surface area contributed by atoms with Crippen LogP contribution in [0.5, 0.6) is 0 Å². The normalized spacial score (nSPS) is 11.5. The van der Waals surface area contributed by atoms with Gasteiger partial charge >= 0.3 is 11.8 Å². The van der Waals surface area contributed by atoms with Crippen LogP contribution < -0.4 is 21.3 Å². The SMILES string of the molecule is CCOC(=O)Nc1cc(NCC(O)CN(C)c2ccc(C)cc2)c([N+](=O)[O-])c(N)n1. The third-order valence-corrected chi connectivity index (χ3v) is 4.20. The zero-order valence-electron chi connectivity index (χ0n) is 17.1. The number of benzene rings is 1. The second kappa shape index (κ2) is 10.3. The van der Waals surface area contributed by atoms with Crippen molar-refractivity contribution in [3.63, 3.8) is 0 Å². The van der Waals surface area contributed by atoms with Crippen molar-refractivity contribution in [1.29, 1.82) is 0 Å². The molecule has 0 aliphatic heterocycles. The smallest absolute Gasteiger partial charge is 0.412 e. The number of rotatable bonds is 9. The highest BCUT2D eigenvalue weighted by Gasteiger charge is 2.23. The molecule has 0 saturated carbocycles. The van der Waals surface area contributed by atoms with Crippen molar-refractivity contribution >= 4 is 34.8 Å². The molecule has 1 atom stereocenters. The van der Waals surface area contributed by atoms with Crippen LogP contribution in [0.15, 0.2) is 30.3 Å². The number of nitrogens with zero attached hydrogens (tertiary/aromatic N) is 3. The second-order valence-corrected chi connectivity index (χ2v) is 6.64. The molecule has 0 aliphatic rings. The molecule has 162 valence electrons. The highest BCUT2D eigenvalue weighted by molar-refractivity contribution is 5.86. The summed E-state index contributed by atoms with van der Waals surface area (Å²) in [5, 5.41) is 26.9. The number of aromatic nitrogens is 1. The summed E-state index contributed by atoms with van der Waals surface area (Å²) >= 11 is 0. The number of carbonyl (C=O) groups excluding carboxylic acids is 1. The van der Waals surface area contributed by atoms with E-state index < -0.39 is 22.8 Å². The number of nitrogen functional groups attached to an aromatic ring is 1. The number of aryl methyl sites for hydroxylation is 1. The number of nitrogens with one attached hydrogen (secondary N) is 2. The van der Waals surface area contributed by atoms with Crippen LogP contribution in [0.1, 0.15) is 12.5 Å². The molecule has 11 nitrogen and oxygen atoms in total. The van der Waals surface area contributed by atoms with Crippen LogP contribution in [-0.2, 0) is 4.74 Å². The summed E-state index contributed by atoms with van der Waals surface area (Å²) in [5.74, 6) is -0.381. The molecule has 0 spiro atoms. The third-order valence-electron chi connectivity index (χ3n) is 4.20. The molecule has 2 aromatic rings. The number of aliphatic hydroxyl groups excluding tert-OH is 1. The lowest BCUT2D eigenvalue weighted by Gasteiger charge is -2.23. The Bertz CT molecular complexity index is 890. The molecule has 0 aliphatic carbocycles. The van der Waals surface area contributed by atoms with Gasteiger partial charge in [-0.2, -0.15) is 0 Å². The van der Waals surface area contributed by atoms with Crippen molar-refractivity contribution in [3.05, 3.63) is 46.0 Å². The standard InChI is InChI=1S/C19H26N6O5/c1-4-30-19(27)23-16-9-15(17(25(28)29)18(20)22-16)21-10-14(26)11-24(3)13-7-5-12(2)6-8-13/h5-9,14,26H,4,10-11H2,1-3H3,(H4,20,21,22,23,27). The van der Waals surface area contributed by atoms with E-state index in [1.165, 1.54) is 6.07 Å². The Balaban J connectivity index is 2.09. The van der Waals surface area contributed by atoms with Crippen molar-refractivity contribution in [3.8, 4) is 0 Å².